The van der Waals surface area contributed by atoms with Gasteiger partial charge in [0.25, 0.3) is 5.78 Å². The number of benzene rings is 2. The first-order chi connectivity index (χ1) is 10.2. The highest BCUT2D eigenvalue weighted by atomic mass is 32.1. The molecule has 0 fully saturated rings. The second-order valence-electron chi connectivity index (χ2n) is 4.52. The number of carbonyl (C=O) groups is 2. The first kappa shape index (κ1) is 13.5. The van der Waals surface area contributed by atoms with E-state index in [4.69, 9.17) is 0 Å². The second kappa shape index (κ2) is 5.46. The molecule has 0 saturated heterocycles. The average Bonchev–Trinajstić information content (AvgIpc) is 2.97. The number of hydrogen-bond acceptors (Lipinski definition) is 4. The van der Waals surface area contributed by atoms with Gasteiger partial charge in [-0.1, -0.05) is 30.3 Å². The van der Waals surface area contributed by atoms with E-state index in [0.717, 1.165) is 10.2 Å². The first-order valence-electron chi connectivity index (χ1n) is 6.40. The van der Waals surface area contributed by atoms with E-state index in [2.05, 4.69) is 4.98 Å². The Bertz CT molecular complexity index is 778. The Hall–Kier alpha value is -2.53. The number of carbonyl (C=O) groups excluding carboxylic acids is 2. The molecule has 21 heavy (non-hydrogen) atoms. The van der Waals surface area contributed by atoms with E-state index in [-0.39, 0.29) is 5.01 Å². The summed E-state index contributed by atoms with van der Waals surface area (Å²) in [5.74, 6) is -1.16. The van der Waals surface area contributed by atoms with Crippen molar-refractivity contribution in [3.8, 4) is 0 Å². The lowest BCUT2D eigenvalue weighted by atomic mass is 10.2. The average molecular weight is 296 g/mol. The van der Waals surface area contributed by atoms with Crippen LogP contribution < -0.4 is 4.90 Å². The molecule has 1 aromatic heterocycles. The Labute approximate surface area is 125 Å². The maximum Gasteiger partial charge on any atom is 0.301 e. The highest BCUT2D eigenvalue weighted by Gasteiger charge is 2.24. The molecule has 2 aromatic carbocycles. The zero-order chi connectivity index (χ0) is 14.8. The number of Topliss-reactive ketones (excluding diaryl/α,β-unsaturated/α-hetero) is 1. The topological polar surface area (TPSA) is 50.3 Å². The number of rotatable bonds is 3. The van der Waals surface area contributed by atoms with Crippen LogP contribution >= 0.6 is 11.3 Å². The van der Waals surface area contributed by atoms with Crippen LogP contribution in [0.2, 0.25) is 0 Å². The van der Waals surface area contributed by atoms with Crippen LogP contribution in [0, 0.1) is 0 Å². The SMILES string of the molecule is CN(C(=O)C(=O)c1nc2ccccc2s1)c1ccccc1. The number of fused-ring (bicyclic) bond motifs is 1. The number of para-hydroxylation sites is 2. The van der Waals surface area contributed by atoms with Gasteiger partial charge in [-0.25, -0.2) is 4.98 Å². The predicted octanol–water partition coefficient (Wildman–Crippen LogP) is 3.14. The van der Waals surface area contributed by atoms with E-state index in [1.807, 2.05) is 42.5 Å². The van der Waals surface area contributed by atoms with E-state index in [1.54, 1.807) is 19.2 Å². The van der Waals surface area contributed by atoms with Crippen molar-refractivity contribution in [2.24, 2.45) is 0 Å². The number of aromatic nitrogens is 1. The van der Waals surface area contributed by atoms with Gasteiger partial charge in [0.1, 0.15) is 0 Å². The summed E-state index contributed by atoms with van der Waals surface area (Å²) in [6.07, 6.45) is 0. The summed E-state index contributed by atoms with van der Waals surface area (Å²) in [6, 6.07) is 16.5. The lowest BCUT2D eigenvalue weighted by Crippen LogP contribution is -2.33. The van der Waals surface area contributed by atoms with Crippen LogP contribution in [0.5, 0.6) is 0 Å². The van der Waals surface area contributed by atoms with Gasteiger partial charge in [0, 0.05) is 12.7 Å². The fourth-order valence-electron chi connectivity index (χ4n) is 1.98. The molecule has 0 atom stereocenters. The highest BCUT2D eigenvalue weighted by molar-refractivity contribution is 7.21. The standard InChI is InChI=1S/C16H12N2O2S/c1-18(11-7-3-2-4-8-11)16(20)14(19)15-17-12-9-5-6-10-13(12)21-15/h2-10H,1H3. The molecule has 1 heterocycles. The van der Waals surface area contributed by atoms with Crippen molar-refractivity contribution in [3.05, 3.63) is 59.6 Å². The number of amides is 1. The Morgan fingerprint density at radius 3 is 2.38 bits per heavy atom. The van der Waals surface area contributed by atoms with Crippen molar-refractivity contribution in [1.29, 1.82) is 0 Å². The molecule has 0 aliphatic rings. The van der Waals surface area contributed by atoms with Gasteiger partial charge in [0.05, 0.1) is 10.2 Å². The molecule has 3 aromatic rings. The van der Waals surface area contributed by atoms with Crippen LogP contribution in [0.25, 0.3) is 10.2 Å². The summed E-state index contributed by atoms with van der Waals surface area (Å²) in [5.41, 5.74) is 1.41. The van der Waals surface area contributed by atoms with Gasteiger partial charge in [0.2, 0.25) is 0 Å². The summed E-state index contributed by atoms with van der Waals surface area (Å²) < 4.78 is 0.899. The largest absolute Gasteiger partial charge is 0.309 e. The van der Waals surface area contributed by atoms with Gasteiger partial charge >= 0.3 is 5.91 Å². The lowest BCUT2D eigenvalue weighted by molar-refractivity contribution is -0.114. The molecule has 0 spiro atoms. The summed E-state index contributed by atoms with van der Waals surface area (Å²) in [4.78, 5) is 30.1. The summed E-state index contributed by atoms with van der Waals surface area (Å²) in [6.45, 7) is 0. The van der Waals surface area contributed by atoms with Crippen LogP contribution in [0.3, 0.4) is 0 Å². The Morgan fingerprint density at radius 1 is 1.00 bits per heavy atom. The molecule has 0 aliphatic carbocycles. The molecule has 5 heteroatoms. The molecule has 0 saturated carbocycles. The lowest BCUT2D eigenvalue weighted by Gasteiger charge is -2.15. The molecular weight excluding hydrogens is 284 g/mol. The summed E-state index contributed by atoms with van der Waals surface area (Å²) in [7, 11) is 1.59. The van der Waals surface area contributed by atoms with Crippen LogP contribution in [0.4, 0.5) is 5.69 Å². The monoisotopic (exact) mass is 296 g/mol. The zero-order valence-electron chi connectivity index (χ0n) is 11.3. The maximum absolute atomic E-state index is 12.3. The summed E-state index contributed by atoms with van der Waals surface area (Å²) in [5, 5.41) is 0.226. The van der Waals surface area contributed by atoms with Gasteiger partial charge in [-0.2, -0.15) is 0 Å². The van der Waals surface area contributed by atoms with Gasteiger partial charge in [0.15, 0.2) is 5.01 Å². The molecule has 0 unspecified atom stereocenters. The zero-order valence-corrected chi connectivity index (χ0v) is 12.1. The highest BCUT2D eigenvalue weighted by Crippen LogP contribution is 2.23. The van der Waals surface area contributed by atoms with E-state index in [0.29, 0.717) is 5.69 Å². The third kappa shape index (κ3) is 2.55. The minimum atomic E-state index is -0.583. The van der Waals surface area contributed by atoms with Gasteiger partial charge in [-0.3, -0.25) is 9.59 Å². The molecule has 0 radical (unpaired) electrons. The van der Waals surface area contributed by atoms with Crippen molar-refractivity contribution in [2.45, 2.75) is 0 Å². The van der Waals surface area contributed by atoms with Gasteiger partial charge < -0.3 is 4.90 Å². The summed E-state index contributed by atoms with van der Waals surface area (Å²) >= 11 is 1.24. The molecule has 1 amide bonds. The molecule has 0 bridgehead atoms. The minimum absolute atomic E-state index is 0.226. The van der Waals surface area contributed by atoms with Crippen LogP contribution in [-0.2, 0) is 4.79 Å². The number of nitrogens with zero attached hydrogens (tertiary/aromatic N) is 2. The fourth-order valence-corrected chi connectivity index (χ4v) is 2.88. The number of likely N-dealkylation sites (N-methyl/N-ethyl adjacent to an activating group) is 1. The van der Waals surface area contributed by atoms with E-state index < -0.39 is 11.7 Å². The minimum Gasteiger partial charge on any atom is -0.309 e. The van der Waals surface area contributed by atoms with Gasteiger partial charge in [-0.15, -0.1) is 11.3 Å². The Morgan fingerprint density at radius 2 is 1.67 bits per heavy atom. The van der Waals surface area contributed by atoms with Gasteiger partial charge in [-0.05, 0) is 24.3 Å². The normalized spacial score (nSPS) is 10.5. The van der Waals surface area contributed by atoms with E-state index in [9.17, 15) is 9.59 Å². The predicted molar refractivity (Wildman–Crippen MR) is 83.8 cm³/mol. The van der Waals surface area contributed by atoms with Crippen LogP contribution in [0.1, 0.15) is 9.80 Å². The number of hydrogen-bond donors (Lipinski definition) is 0. The van der Waals surface area contributed by atoms with E-state index >= 15 is 0 Å². The second-order valence-corrected chi connectivity index (χ2v) is 5.55. The molecule has 104 valence electrons. The molecular formula is C16H12N2O2S. The molecule has 3 rings (SSSR count). The molecule has 4 nitrogen and oxygen atoms in total. The van der Waals surface area contributed by atoms with E-state index in [1.165, 1.54) is 16.2 Å². The third-order valence-corrected chi connectivity index (χ3v) is 4.17. The van der Waals surface area contributed by atoms with Crippen LogP contribution in [-0.4, -0.2) is 23.7 Å². The van der Waals surface area contributed by atoms with Crippen molar-refractivity contribution in [2.75, 3.05) is 11.9 Å². The number of anilines is 1. The van der Waals surface area contributed by atoms with Crippen molar-refractivity contribution in [1.82, 2.24) is 4.98 Å². The maximum atomic E-state index is 12.3. The first-order valence-corrected chi connectivity index (χ1v) is 7.21. The molecule has 0 N–H and O–H groups in total. The Kier molecular flexibility index (Phi) is 3.50. The number of thiazole rings is 1. The van der Waals surface area contributed by atoms with Crippen LogP contribution in [0.15, 0.2) is 54.6 Å². The third-order valence-electron chi connectivity index (χ3n) is 3.13. The fraction of sp³-hybridized carbons (Fsp3) is 0.0625. The van der Waals surface area contributed by atoms with Crippen molar-refractivity contribution >= 4 is 38.9 Å². The quantitative estimate of drug-likeness (QED) is 0.551. The number of ketones is 1. The van der Waals surface area contributed by atoms with Crippen molar-refractivity contribution < 1.29 is 9.59 Å². The Balaban J connectivity index is 1.89. The smallest absolute Gasteiger partial charge is 0.301 e. The molecule has 0 aliphatic heterocycles. The van der Waals surface area contributed by atoms with Crippen molar-refractivity contribution in [3.63, 3.8) is 0 Å².